The van der Waals surface area contributed by atoms with Crippen LogP contribution in [-0.2, 0) is 10.5 Å². The van der Waals surface area contributed by atoms with Gasteiger partial charge in [0.25, 0.3) is 5.91 Å². The van der Waals surface area contributed by atoms with Crippen LogP contribution in [0.5, 0.6) is 5.75 Å². The first-order valence-corrected chi connectivity index (χ1v) is 10.3. The van der Waals surface area contributed by atoms with Crippen LogP contribution in [0.3, 0.4) is 0 Å². The molecular weight excluding hydrogens is 372 g/mol. The number of carbonyl (C=O) groups is 2. The van der Waals surface area contributed by atoms with Crippen LogP contribution < -0.4 is 10.1 Å². The molecule has 2 aromatic rings. The van der Waals surface area contributed by atoms with Crippen molar-refractivity contribution in [2.75, 3.05) is 31.3 Å². The van der Waals surface area contributed by atoms with E-state index in [0.29, 0.717) is 22.2 Å². The minimum Gasteiger partial charge on any atom is -0.497 e. The Morgan fingerprint density at radius 2 is 1.96 bits per heavy atom. The van der Waals surface area contributed by atoms with E-state index in [1.807, 2.05) is 4.90 Å². The zero-order valence-corrected chi connectivity index (χ0v) is 16.1. The highest BCUT2D eigenvalue weighted by Crippen LogP contribution is 2.20. The lowest BCUT2D eigenvalue weighted by Crippen LogP contribution is -2.29. The van der Waals surface area contributed by atoms with Gasteiger partial charge in [0.15, 0.2) is 0 Å². The van der Waals surface area contributed by atoms with E-state index >= 15 is 0 Å². The summed E-state index contributed by atoms with van der Waals surface area (Å²) >= 11 is 2.75. The summed E-state index contributed by atoms with van der Waals surface area (Å²) in [6.45, 7) is 1.74. The van der Waals surface area contributed by atoms with Crippen molar-refractivity contribution in [3.05, 3.63) is 34.3 Å². The van der Waals surface area contributed by atoms with Crippen LogP contribution in [0.1, 0.15) is 27.7 Å². The van der Waals surface area contributed by atoms with Gasteiger partial charge < -0.3 is 15.0 Å². The molecule has 26 heavy (non-hydrogen) atoms. The Balaban J connectivity index is 1.47. The molecule has 9 heteroatoms. The molecule has 2 heterocycles. The van der Waals surface area contributed by atoms with Crippen LogP contribution in [0.2, 0.25) is 0 Å². The lowest BCUT2D eigenvalue weighted by Gasteiger charge is -2.14. The molecule has 1 saturated heterocycles. The zero-order valence-electron chi connectivity index (χ0n) is 14.4. The molecule has 0 unspecified atom stereocenters. The van der Waals surface area contributed by atoms with Gasteiger partial charge in [-0.25, -0.2) is 0 Å². The third kappa shape index (κ3) is 4.95. The van der Waals surface area contributed by atoms with E-state index < -0.39 is 0 Å². The summed E-state index contributed by atoms with van der Waals surface area (Å²) in [6, 6.07) is 7.07. The van der Waals surface area contributed by atoms with Crippen molar-refractivity contribution < 1.29 is 14.3 Å². The quantitative estimate of drug-likeness (QED) is 0.780. The number of ether oxygens (including phenoxy) is 1. The molecule has 3 rings (SSSR count). The van der Waals surface area contributed by atoms with Crippen LogP contribution in [0.25, 0.3) is 0 Å². The number of amides is 2. The zero-order chi connectivity index (χ0) is 18.4. The average Bonchev–Trinajstić information content (AvgIpc) is 3.34. The fraction of sp³-hybridized carbons (Fsp3) is 0.412. The van der Waals surface area contributed by atoms with Gasteiger partial charge in [0.1, 0.15) is 10.8 Å². The van der Waals surface area contributed by atoms with Gasteiger partial charge >= 0.3 is 0 Å². The summed E-state index contributed by atoms with van der Waals surface area (Å²) in [5.41, 5.74) is 0.665. The molecule has 0 aliphatic carbocycles. The van der Waals surface area contributed by atoms with Crippen LogP contribution in [0.4, 0.5) is 5.69 Å². The number of anilines is 1. The Labute approximate surface area is 160 Å². The summed E-state index contributed by atoms with van der Waals surface area (Å²) in [7, 11) is 1.59. The topological polar surface area (TPSA) is 84.4 Å². The number of hydrogen-bond donors (Lipinski definition) is 1. The first-order valence-electron chi connectivity index (χ1n) is 8.29. The Morgan fingerprint density at radius 3 is 2.65 bits per heavy atom. The number of methoxy groups -OCH3 is 1. The van der Waals surface area contributed by atoms with E-state index in [1.165, 1.54) is 23.1 Å². The molecule has 138 valence electrons. The minimum atomic E-state index is -0.294. The molecule has 1 fully saturated rings. The first-order chi connectivity index (χ1) is 12.7. The number of aromatic nitrogens is 2. The molecule has 1 N–H and O–H groups in total. The van der Waals surface area contributed by atoms with Crippen LogP contribution >= 0.6 is 23.1 Å². The summed E-state index contributed by atoms with van der Waals surface area (Å²) in [6.07, 6.45) is 2.19. The van der Waals surface area contributed by atoms with Gasteiger partial charge in [-0.15, -0.1) is 22.0 Å². The van der Waals surface area contributed by atoms with E-state index in [2.05, 4.69) is 15.5 Å². The van der Waals surface area contributed by atoms with Gasteiger partial charge in [-0.05, 0) is 37.1 Å². The summed E-state index contributed by atoms with van der Waals surface area (Å²) in [4.78, 5) is 26.1. The van der Waals surface area contributed by atoms with Crippen LogP contribution in [-0.4, -0.2) is 52.9 Å². The van der Waals surface area contributed by atoms with E-state index in [-0.39, 0.29) is 11.8 Å². The molecule has 1 aliphatic rings. The number of carbonyl (C=O) groups excluding carboxylic acids is 2. The van der Waals surface area contributed by atoms with E-state index in [0.717, 1.165) is 36.7 Å². The standard InChI is InChI=1S/C17H20N4O3S2/c1-24-13-6-4-12(5-7-13)18-16(23)17-20-19-14(26-17)10-25-11-15(22)21-8-2-3-9-21/h4-7H,2-3,8-11H2,1H3,(H,18,23). The lowest BCUT2D eigenvalue weighted by atomic mass is 10.3. The van der Waals surface area contributed by atoms with Gasteiger partial charge in [-0.1, -0.05) is 11.3 Å². The van der Waals surface area contributed by atoms with Crippen LogP contribution in [0.15, 0.2) is 24.3 Å². The summed E-state index contributed by atoms with van der Waals surface area (Å²) in [5, 5.41) is 11.8. The normalized spacial score (nSPS) is 13.7. The van der Waals surface area contributed by atoms with Gasteiger partial charge in [-0.3, -0.25) is 9.59 Å². The van der Waals surface area contributed by atoms with Crippen molar-refractivity contribution in [3.63, 3.8) is 0 Å². The van der Waals surface area contributed by atoms with E-state index in [4.69, 9.17) is 4.74 Å². The number of likely N-dealkylation sites (tertiary alicyclic amines) is 1. The monoisotopic (exact) mass is 392 g/mol. The molecule has 0 spiro atoms. The van der Waals surface area contributed by atoms with Crippen molar-refractivity contribution in [3.8, 4) is 5.75 Å². The minimum absolute atomic E-state index is 0.175. The number of nitrogens with one attached hydrogen (secondary N) is 1. The van der Waals surface area contributed by atoms with Crippen molar-refractivity contribution in [2.24, 2.45) is 0 Å². The number of rotatable bonds is 7. The molecule has 0 bridgehead atoms. The maximum absolute atomic E-state index is 12.2. The van der Waals surface area contributed by atoms with Crippen molar-refractivity contribution in [1.29, 1.82) is 0 Å². The Kier molecular flexibility index (Phi) is 6.45. The molecule has 0 radical (unpaired) electrons. The van der Waals surface area contributed by atoms with Crippen LogP contribution in [0, 0.1) is 0 Å². The fourth-order valence-electron chi connectivity index (χ4n) is 2.55. The number of thioether (sulfide) groups is 1. The molecule has 1 aromatic heterocycles. The molecule has 0 atom stereocenters. The fourth-order valence-corrected chi connectivity index (χ4v) is 4.25. The molecule has 1 aliphatic heterocycles. The van der Waals surface area contributed by atoms with Gasteiger partial charge in [0, 0.05) is 24.5 Å². The van der Waals surface area contributed by atoms with Gasteiger partial charge in [0.05, 0.1) is 12.9 Å². The van der Waals surface area contributed by atoms with Crippen molar-refractivity contribution in [1.82, 2.24) is 15.1 Å². The Morgan fingerprint density at radius 1 is 1.23 bits per heavy atom. The van der Waals surface area contributed by atoms with Crippen molar-refractivity contribution in [2.45, 2.75) is 18.6 Å². The molecule has 1 aromatic carbocycles. The predicted octanol–water partition coefficient (Wildman–Crippen LogP) is 2.65. The largest absolute Gasteiger partial charge is 0.497 e. The number of nitrogens with zero attached hydrogens (tertiary/aromatic N) is 3. The predicted molar refractivity (Wildman–Crippen MR) is 103 cm³/mol. The molecule has 0 saturated carbocycles. The number of benzene rings is 1. The Hall–Kier alpha value is -2.13. The smallest absolute Gasteiger partial charge is 0.286 e. The lowest BCUT2D eigenvalue weighted by molar-refractivity contribution is -0.127. The van der Waals surface area contributed by atoms with E-state index in [1.54, 1.807) is 31.4 Å². The highest BCUT2D eigenvalue weighted by molar-refractivity contribution is 7.99. The molecular formula is C17H20N4O3S2. The highest BCUT2D eigenvalue weighted by Gasteiger charge is 2.18. The third-order valence-electron chi connectivity index (χ3n) is 3.92. The second-order valence-corrected chi connectivity index (χ2v) is 7.81. The van der Waals surface area contributed by atoms with Gasteiger partial charge in [-0.2, -0.15) is 0 Å². The number of hydrogen-bond acceptors (Lipinski definition) is 7. The second-order valence-electron chi connectivity index (χ2n) is 5.76. The maximum atomic E-state index is 12.2. The van der Waals surface area contributed by atoms with Gasteiger partial charge in [0.2, 0.25) is 10.9 Å². The van der Waals surface area contributed by atoms with E-state index in [9.17, 15) is 9.59 Å². The third-order valence-corrected chi connectivity index (χ3v) is 5.95. The maximum Gasteiger partial charge on any atom is 0.286 e. The first kappa shape index (κ1) is 18.7. The SMILES string of the molecule is COc1ccc(NC(=O)c2nnc(CSCC(=O)N3CCCC3)s2)cc1. The highest BCUT2D eigenvalue weighted by atomic mass is 32.2. The summed E-state index contributed by atoms with van der Waals surface area (Å²) in [5.74, 6) is 1.62. The Bertz CT molecular complexity index is 758. The van der Waals surface area contributed by atoms with Crippen molar-refractivity contribution >= 4 is 40.6 Å². The average molecular weight is 393 g/mol. The second kappa shape index (κ2) is 9.00. The molecule has 2 amide bonds. The summed E-state index contributed by atoms with van der Waals surface area (Å²) < 4.78 is 5.09. The molecule has 7 nitrogen and oxygen atoms in total.